The number of ketones is 1. The number of fused-ring (bicyclic) bond motifs is 1. The van der Waals surface area contributed by atoms with Crippen molar-refractivity contribution in [1.82, 2.24) is 5.32 Å². The molecule has 0 aromatic heterocycles. The van der Waals surface area contributed by atoms with E-state index in [9.17, 15) is 9.59 Å². The Hall–Kier alpha value is -1.88. The number of esters is 1. The Morgan fingerprint density at radius 1 is 1.36 bits per heavy atom. The molecule has 5 heteroatoms. The van der Waals surface area contributed by atoms with Gasteiger partial charge in [-0.1, -0.05) is 6.07 Å². The average molecular weight is 343 g/mol. The lowest BCUT2D eigenvalue weighted by molar-refractivity contribution is -0.189. The summed E-state index contributed by atoms with van der Waals surface area (Å²) < 4.78 is 11.8. The molecule has 1 aromatic rings. The summed E-state index contributed by atoms with van der Waals surface area (Å²) in [6.07, 6.45) is 3.13. The van der Waals surface area contributed by atoms with E-state index in [-0.39, 0.29) is 17.8 Å². The number of carbonyl (C=O) groups excluding carboxylic acids is 2. The van der Waals surface area contributed by atoms with Crippen molar-refractivity contribution in [2.24, 2.45) is 0 Å². The molecule has 1 saturated heterocycles. The minimum absolute atomic E-state index is 0.0590. The van der Waals surface area contributed by atoms with Crippen molar-refractivity contribution in [3.05, 3.63) is 29.3 Å². The van der Waals surface area contributed by atoms with E-state index in [1.165, 1.54) is 12.5 Å². The lowest BCUT2D eigenvalue weighted by Crippen LogP contribution is -2.73. The topological polar surface area (TPSA) is 64.6 Å². The van der Waals surface area contributed by atoms with Crippen LogP contribution in [0.5, 0.6) is 5.75 Å². The smallest absolute Gasteiger partial charge is 0.303 e. The third-order valence-corrected chi connectivity index (χ3v) is 6.25. The summed E-state index contributed by atoms with van der Waals surface area (Å²) >= 11 is 0. The monoisotopic (exact) mass is 343 g/mol. The van der Waals surface area contributed by atoms with Crippen molar-refractivity contribution < 1.29 is 19.1 Å². The summed E-state index contributed by atoms with van der Waals surface area (Å²) in [6.45, 7) is 4.87. The van der Waals surface area contributed by atoms with E-state index in [1.54, 1.807) is 0 Å². The summed E-state index contributed by atoms with van der Waals surface area (Å²) in [5, 5.41) is 3.57. The van der Waals surface area contributed by atoms with Gasteiger partial charge in [-0.3, -0.25) is 9.59 Å². The van der Waals surface area contributed by atoms with Crippen molar-refractivity contribution in [3.8, 4) is 5.75 Å². The molecule has 2 bridgehead atoms. The van der Waals surface area contributed by atoms with Crippen molar-refractivity contribution in [1.29, 1.82) is 0 Å². The quantitative estimate of drug-likeness (QED) is 0.853. The van der Waals surface area contributed by atoms with Crippen LogP contribution in [0, 0.1) is 0 Å². The summed E-state index contributed by atoms with van der Waals surface area (Å²) in [5.41, 5.74) is 1.30. The Morgan fingerprint density at radius 3 is 2.96 bits per heavy atom. The van der Waals surface area contributed by atoms with Crippen molar-refractivity contribution >= 4 is 11.8 Å². The summed E-state index contributed by atoms with van der Waals surface area (Å²) in [5.74, 6) is 0.817. The standard InChI is InChI=1S/C20H25NO4/c1-3-24-16-5-4-14-10-18-20(25-13(2)22)7-6-15(23)12-19(20,8-9-21-18)17(14)11-16/h4-5,11,18,21H,3,6-10,12H2,1-2H3/t18-,19-,20-/m1/s1. The highest BCUT2D eigenvalue weighted by Crippen LogP contribution is 2.57. The van der Waals surface area contributed by atoms with Crippen LogP contribution in [0.2, 0.25) is 0 Å². The predicted molar refractivity (Wildman–Crippen MR) is 92.8 cm³/mol. The number of ether oxygens (including phenoxy) is 2. The highest BCUT2D eigenvalue weighted by atomic mass is 16.6. The van der Waals surface area contributed by atoms with Crippen LogP contribution in [0.1, 0.15) is 50.7 Å². The largest absolute Gasteiger partial charge is 0.494 e. The number of carbonyl (C=O) groups is 2. The molecule has 3 aliphatic rings. The van der Waals surface area contributed by atoms with Crippen molar-refractivity contribution in [2.45, 2.75) is 63.0 Å². The molecule has 1 saturated carbocycles. The summed E-state index contributed by atoms with van der Waals surface area (Å²) in [4.78, 5) is 24.5. The van der Waals surface area contributed by atoms with Gasteiger partial charge in [0.25, 0.3) is 0 Å². The van der Waals surface area contributed by atoms with Gasteiger partial charge in [0.15, 0.2) is 0 Å². The molecule has 1 aromatic carbocycles. The van der Waals surface area contributed by atoms with Crippen LogP contribution in [0.3, 0.4) is 0 Å². The molecule has 4 rings (SSSR count). The molecule has 5 nitrogen and oxygen atoms in total. The van der Waals surface area contributed by atoms with Crippen LogP contribution in [-0.4, -0.2) is 36.5 Å². The van der Waals surface area contributed by atoms with Gasteiger partial charge in [0.2, 0.25) is 0 Å². The Kier molecular flexibility index (Phi) is 3.87. The van der Waals surface area contributed by atoms with Crippen LogP contribution < -0.4 is 10.1 Å². The van der Waals surface area contributed by atoms with Crippen LogP contribution in [0.15, 0.2) is 18.2 Å². The highest BCUT2D eigenvalue weighted by Gasteiger charge is 2.65. The van der Waals surface area contributed by atoms with E-state index in [0.717, 1.165) is 30.7 Å². The second-order valence-electron chi connectivity index (χ2n) is 7.49. The third-order valence-electron chi connectivity index (χ3n) is 6.25. The number of benzene rings is 1. The van der Waals surface area contributed by atoms with E-state index in [0.29, 0.717) is 25.9 Å². The number of nitrogens with one attached hydrogen (secondary N) is 1. The number of hydrogen-bond donors (Lipinski definition) is 1. The number of piperidine rings is 1. The molecule has 0 spiro atoms. The van der Waals surface area contributed by atoms with E-state index in [2.05, 4.69) is 17.4 Å². The first-order chi connectivity index (χ1) is 12.0. The Labute approximate surface area is 148 Å². The fourth-order valence-electron chi connectivity index (χ4n) is 5.40. The van der Waals surface area contributed by atoms with E-state index in [1.807, 2.05) is 13.0 Å². The van der Waals surface area contributed by atoms with Crippen LogP contribution in [-0.2, 0) is 26.2 Å². The van der Waals surface area contributed by atoms with Gasteiger partial charge < -0.3 is 14.8 Å². The lowest BCUT2D eigenvalue weighted by Gasteiger charge is -2.61. The number of Topliss-reactive ketones (excluding diaryl/α,β-unsaturated/α-hetero) is 1. The van der Waals surface area contributed by atoms with E-state index >= 15 is 0 Å². The molecule has 0 amide bonds. The predicted octanol–water partition coefficient (Wildman–Crippen LogP) is 2.30. The van der Waals surface area contributed by atoms with Crippen LogP contribution in [0.25, 0.3) is 0 Å². The van der Waals surface area contributed by atoms with Crippen molar-refractivity contribution in [3.63, 3.8) is 0 Å². The molecule has 1 heterocycles. The summed E-state index contributed by atoms with van der Waals surface area (Å²) in [7, 11) is 0. The van der Waals surface area contributed by atoms with Gasteiger partial charge in [0.1, 0.15) is 17.1 Å². The zero-order valence-corrected chi connectivity index (χ0v) is 14.9. The lowest BCUT2D eigenvalue weighted by atomic mass is 9.49. The molecule has 134 valence electrons. The van der Waals surface area contributed by atoms with Gasteiger partial charge in [0, 0.05) is 25.2 Å². The fourth-order valence-corrected chi connectivity index (χ4v) is 5.40. The normalized spacial score (nSPS) is 33.2. The van der Waals surface area contributed by atoms with Gasteiger partial charge in [-0.05, 0) is 56.0 Å². The van der Waals surface area contributed by atoms with Crippen LogP contribution in [0.4, 0.5) is 0 Å². The molecule has 25 heavy (non-hydrogen) atoms. The van der Waals surface area contributed by atoms with Gasteiger partial charge in [-0.15, -0.1) is 0 Å². The van der Waals surface area contributed by atoms with Gasteiger partial charge >= 0.3 is 5.97 Å². The zero-order chi connectivity index (χ0) is 17.7. The second kappa shape index (κ2) is 5.84. The maximum Gasteiger partial charge on any atom is 0.303 e. The minimum Gasteiger partial charge on any atom is -0.494 e. The van der Waals surface area contributed by atoms with Crippen molar-refractivity contribution in [2.75, 3.05) is 13.2 Å². The average Bonchev–Trinajstić information content (AvgIpc) is 2.55. The molecule has 2 aliphatic carbocycles. The van der Waals surface area contributed by atoms with E-state index < -0.39 is 11.0 Å². The van der Waals surface area contributed by atoms with Gasteiger partial charge in [-0.2, -0.15) is 0 Å². The first-order valence-corrected chi connectivity index (χ1v) is 9.21. The highest BCUT2D eigenvalue weighted by molar-refractivity contribution is 5.83. The molecule has 2 fully saturated rings. The van der Waals surface area contributed by atoms with Gasteiger partial charge in [-0.25, -0.2) is 0 Å². The Bertz CT molecular complexity index is 730. The fraction of sp³-hybridized carbons (Fsp3) is 0.600. The first kappa shape index (κ1) is 16.6. The number of hydrogen-bond acceptors (Lipinski definition) is 5. The first-order valence-electron chi connectivity index (χ1n) is 9.21. The Balaban J connectivity index is 1.92. The number of rotatable bonds is 3. The third kappa shape index (κ3) is 2.32. The zero-order valence-electron chi connectivity index (χ0n) is 14.9. The molecule has 1 N–H and O–H groups in total. The molecular weight excluding hydrogens is 318 g/mol. The Morgan fingerprint density at radius 2 is 2.20 bits per heavy atom. The maximum atomic E-state index is 12.5. The molecule has 1 aliphatic heterocycles. The molecule has 0 radical (unpaired) electrons. The minimum atomic E-state index is -0.636. The van der Waals surface area contributed by atoms with E-state index in [4.69, 9.17) is 9.47 Å². The molecular formula is C20H25NO4. The van der Waals surface area contributed by atoms with Crippen LogP contribution >= 0.6 is 0 Å². The second-order valence-corrected chi connectivity index (χ2v) is 7.49. The maximum absolute atomic E-state index is 12.5. The molecule has 3 atom stereocenters. The summed E-state index contributed by atoms with van der Waals surface area (Å²) in [6, 6.07) is 6.25. The van der Waals surface area contributed by atoms with Gasteiger partial charge in [0.05, 0.1) is 12.6 Å². The SMILES string of the molecule is CCOc1ccc2c(c1)[C@]13CCN[C@H](C2)[C@]1(OC(C)=O)CCC(=O)C3. The molecule has 0 unspecified atom stereocenters.